The minimum Gasteiger partial charge on any atom is -0.351 e. The highest BCUT2D eigenvalue weighted by Gasteiger charge is 2.15. The minimum absolute atomic E-state index is 0. The summed E-state index contributed by atoms with van der Waals surface area (Å²) in [7, 11) is 0. The Hall–Kier alpha value is -1.43. The van der Waals surface area contributed by atoms with E-state index in [9.17, 15) is 4.79 Å². The first-order chi connectivity index (χ1) is 11.7. The third kappa shape index (κ3) is 5.80. The number of halogens is 1. The van der Waals surface area contributed by atoms with Crippen molar-refractivity contribution in [1.29, 1.82) is 0 Å². The van der Waals surface area contributed by atoms with Gasteiger partial charge in [-0.15, -0.1) is 23.7 Å². The van der Waals surface area contributed by atoms with Crippen molar-refractivity contribution in [1.82, 2.24) is 15.6 Å². The topological polar surface area (TPSA) is 54.0 Å². The monoisotopic (exact) mass is 379 g/mol. The van der Waals surface area contributed by atoms with Gasteiger partial charge in [0.15, 0.2) is 0 Å². The largest absolute Gasteiger partial charge is 0.351 e. The Morgan fingerprint density at radius 1 is 1.28 bits per heavy atom. The molecule has 1 saturated heterocycles. The zero-order chi connectivity index (χ0) is 16.8. The van der Waals surface area contributed by atoms with Gasteiger partial charge in [0.2, 0.25) is 5.91 Å². The van der Waals surface area contributed by atoms with Crippen molar-refractivity contribution in [2.45, 2.75) is 39.2 Å². The van der Waals surface area contributed by atoms with Crippen molar-refractivity contribution < 1.29 is 4.79 Å². The maximum absolute atomic E-state index is 12.1. The van der Waals surface area contributed by atoms with E-state index in [0.29, 0.717) is 18.9 Å². The van der Waals surface area contributed by atoms with Crippen molar-refractivity contribution >= 4 is 29.7 Å². The lowest BCUT2D eigenvalue weighted by Crippen LogP contribution is -2.29. The predicted octanol–water partition coefficient (Wildman–Crippen LogP) is 3.94. The molecule has 1 aliphatic heterocycles. The van der Waals surface area contributed by atoms with E-state index in [1.165, 1.54) is 12.8 Å². The quantitative estimate of drug-likeness (QED) is 0.799. The molecule has 136 valence electrons. The second-order valence-corrected chi connectivity index (χ2v) is 7.49. The summed E-state index contributed by atoms with van der Waals surface area (Å²) in [5.41, 5.74) is 2.14. The molecule has 1 aliphatic rings. The van der Waals surface area contributed by atoms with Gasteiger partial charge < -0.3 is 10.6 Å². The summed E-state index contributed by atoms with van der Waals surface area (Å²) < 4.78 is 0. The lowest BCUT2D eigenvalue weighted by Gasteiger charge is -2.22. The maximum Gasteiger partial charge on any atom is 0.220 e. The molecular formula is C19H26ClN3OS. The van der Waals surface area contributed by atoms with Gasteiger partial charge in [-0.1, -0.05) is 30.3 Å². The number of carbonyl (C=O) groups excluding carboxylic acids is 1. The van der Waals surface area contributed by atoms with Crippen LogP contribution in [0.4, 0.5) is 0 Å². The van der Waals surface area contributed by atoms with E-state index in [0.717, 1.165) is 40.7 Å². The number of hydrogen-bond acceptors (Lipinski definition) is 4. The number of rotatable bonds is 6. The first-order valence-electron chi connectivity index (χ1n) is 8.71. The van der Waals surface area contributed by atoms with E-state index >= 15 is 0 Å². The van der Waals surface area contributed by atoms with Crippen LogP contribution >= 0.6 is 23.7 Å². The fraction of sp³-hybridized carbons (Fsp3) is 0.474. The van der Waals surface area contributed by atoms with Crippen LogP contribution in [0.3, 0.4) is 0 Å². The summed E-state index contributed by atoms with van der Waals surface area (Å²) >= 11 is 1.67. The third-order valence-electron chi connectivity index (χ3n) is 4.60. The molecule has 2 aromatic rings. The van der Waals surface area contributed by atoms with Crippen LogP contribution in [0.25, 0.3) is 10.6 Å². The van der Waals surface area contributed by atoms with Crippen LogP contribution in [0, 0.1) is 12.8 Å². The molecule has 0 unspecified atom stereocenters. The van der Waals surface area contributed by atoms with Gasteiger partial charge in [0.1, 0.15) is 5.01 Å². The van der Waals surface area contributed by atoms with Gasteiger partial charge in [0.05, 0.1) is 12.2 Å². The SMILES string of the molecule is Cc1nc(-c2ccccc2)sc1CNC(=O)CCC1CCNCC1.Cl. The molecule has 0 radical (unpaired) electrons. The zero-order valence-corrected chi connectivity index (χ0v) is 16.2. The molecule has 0 atom stereocenters. The van der Waals surface area contributed by atoms with E-state index in [1.807, 2.05) is 25.1 Å². The number of piperidine rings is 1. The highest BCUT2D eigenvalue weighted by Crippen LogP contribution is 2.27. The summed E-state index contributed by atoms with van der Waals surface area (Å²) in [6.45, 7) is 4.78. The fourth-order valence-electron chi connectivity index (χ4n) is 3.07. The van der Waals surface area contributed by atoms with Gasteiger partial charge >= 0.3 is 0 Å². The molecule has 25 heavy (non-hydrogen) atoms. The number of hydrogen-bond donors (Lipinski definition) is 2. The minimum atomic E-state index is 0. The molecule has 0 saturated carbocycles. The molecule has 0 bridgehead atoms. The van der Waals surface area contributed by atoms with Crippen LogP contribution in [0.2, 0.25) is 0 Å². The molecule has 2 heterocycles. The molecule has 1 aromatic carbocycles. The molecule has 4 nitrogen and oxygen atoms in total. The number of aromatic nitrogens is 1. The number of benzene rings is 1. The molecule has 2 N–H and O–H groups in total. The average Bonchev–Trinajstić information content (AvgIpc) is 3.01. The standard InChI is InChI=1S/C19H25N3OS.ClH/c1-14-17(24-19(22-14)16-5-3-2-4-6-16)13-21-18(23)8-7-15-9-11-20-12-10-15;/h2-6,15,20H,7-13H2,1H3,(H,21,23);1H. The van der Waals surface area contributed by atoms with Crippen molar-refractivity contribution in [2.75, 3.05) is 13.1 Å². The highest BCUT2D eigenvalue weighted by atomic mass is 35.5. The third-order valence-corrected chi connectivity index (χ3v) is 5.80. The van der Waals surface area contributed by atoms with Crippen molar-refractivity contribution in [3.8, 4) is 10.6 Å². The van der Waals surface area contributed by atoms with Gasteiger partial charge in [0.25, 0.3) is 0 Å². The molecular weight excluding hydrogens is 354 g/mol. The van der Waals surface area contributed by atoms with E-state index in [2.05, 4.69) is 27.8 Å². The Balaban J connectivity index is 0.00000225. The number of nitrogens with one attached hydrogen (secondary N) is 2. The summed E-state index contributed by atoms with van der Waals surface area (Å²) in [6, 6.07) is 10.2. The summed E-state index contributed by atoms with van der Waals surface area (Å²) in [5.74, 6) is 0.856. The molecule has 3 rings (SSSR count). The van der Waals surface area contributed by atoms with Crippen LogP contribution in [0.1, 0.15) is 36.3 Å². The normalized spacial score (nSPS) is 14.8. The summed E-state index contributed by atoms with van der Waals surface area (Å²) in [5, 5.41) is 7.45. The van der Waals surface area contributed by atoms with Crippen LogP contribution in [0.5, 0.6) is 0 Å². The first kappa shape index (κ1) is 19.9. The smallest absolute Gasteiger partial charge is 0.220 e. The van der Waals surface area contributed by atoms with Crippen LogP contribution < -0.4 is 10.6 Å². The summed E-state index contributed by atoms with van der Waals surface area (Å²) in [4.78, 5) is 17.9. The van der Waals surface area contributed by atoms with Gasteiger partial charge in [-0.2, -0.15) is 0 Å². The Morgan fingerprint density at radius 3 is 2.72 bits per heavy atom. The Bertz CT molecular complexity index is 669. The first-order valence-corrected chi connectivity index (χ1v) is 9.53. The molecule has 0 spiro atoms. The molecule has 1 amide bonds. The van der Waals surface area contributed by atoms with E-state index in [-0.39, 0.29) is 18.3 Å². The van der Waals surface area contributed by atoms with Gasteiger partial charge in [-0.25, -0.2) is 4.98 Å². The number of thiazole rings is 1. The number of carbonyl (C=O) groups is 1. The predicted molar refractivity (Wildman–Crippen MR) is 106 cm³/mol. The second kappa shape index (κ2) is 9.90. The lowest BCUT2D eigenvalue weighted by molar-refractivity contribution is -0.121. The molecule has 1 fully saturated rings. The number of amides is 1. The van der Waals surface area contributed by atoms with Crippen molar-refractivity contribution in [3.63, 3.8) is 0 Å². The Kier molecular flexibility index (Phi) is 7.88. The van der Waals surface area contributed by atoms with Crippen LogP contribution in [-0.4, -0.2) is 24.0 Å². The lowest BCUT2D eigenvalue weighted by atomic mass is 9.93. The van der Waals surface area contributed by atoms with Gasteiger partial charge in [-0.3, -0.25) is 4.79 Å². The molecule has 0 aliphatic carbocycles. The van der Waals surface area contributed by atoms with Crippen LogP contribution in [0.15, 0.2) is 30.3 Å². The molecule has 6 heteroatoms. The van der Waals surface area contributed by atoms with E-state index < -0.39 is 0 Å². The van der Waals surface area contributed by atoms with Crippen molar-refractivity contribution in [2.24, 2.45) is 5.92 Å². The average molecular weight is 380 g/mol. The Labute approximate surface area is 159 Å². The van der Waals surface area contributed by atoms with E-state index in [4.69, 9.17) is 0 Å². The fourth-order valence-corrected chi connectivity index (χ4v) is 4.08. The number of nitrogens with zero attached hydrogens (tertiary/aromatic N) is 1. The highest BCUT2D eigenvalue weighted by molar-refractivity contribution is 7.15. The second-order valence-electron chi connectivity index (χ2n) is 6.40. The van der Waals surface area contributed by atoms with E-state index in [1.54, 1.807) is 11.3 Å². The van der Waals surface area contributed by atoms with Gasteiger partial charge in [-0.05, 0) is 45.2 Å². The Morgan fingerprint density at radius 2 is 2.00 bits per heavy atom. The molecule has 1 aromatic heterocycles. The van der Waals surface area contributed by atoms with Crippen molar-refractivity contribution in [3.05, 3.63) is 40.9 Å². The van der Waals surface area contributed by atoms with Crippen LogP contribution in [-0.2, 0) is 11.3 Å². The van der Waals surface area contributed by atoms with Gasteiger partial charge in [0, 0.05) is 16.9 Å². The zero-order valence-electron chi connectivity index (χ0n) is 14.6. The maximum atomic E-state index is 12.1. The summed E-state index contributed by atoms with van der Waals surface area (Å²) in [6.07, 6.45) is 4.03. The number of aryl methyl sites for hydroxylation is 1.